The largest absolute Gasteiger partial charge is 0.456 e. The molecule has 0 bridgehead atoms. The summed E-state index contributed by atoms with van der Waals surface area (Å²) in [6.45, 7) is 16.8. The summed E-state index contributed by atoms with van der Waals surface area (Å²) >= 11 is 7.29. The summed E-state index contributed by atoms with van der Waals surface area (Å²) in [4.78, 5) is 28.9. The molecular formula is C32H40ClF2IN4O4. The van der Waals surface area contributed by atoms with Crippen LogP contribution in [0.2, 0.25) is 0 Å². The Hall–Kier alpha value is -2.77. The quantitative estimate of drug-likeness (QED) is 0.0851. The molecule has 0 saturated carbocycles. The standard InChI is InChI=1S/C32H40ClF2IN4O4/c1-21-17-25(9-10-26(21)30(42)44-36)39-19-29(41)43-32(20-39)11-15-38(16-12-32)13-8-14-40(31(5,6)7)37-24(4)27(23(3)34)18-28(35)22(2)33/h8-10,14,17-18H,3,11-13,15-16,19-20H2,1-2,4-7H3/b14-8+,27-18+,28-22-,37-24+. The summed E-state index contributed by atoms with van der Waals surface area (Å²) < 4.78 is 39.1. The lowest BCUT2D eigenvalue weighted by atomic mass is 9.89. The van der Waals surface area contributed by atoms with Crippen LogP contribution in [0.25, 0.3) is 0 Å². The van der Waals surface area contributed by atoms with Crippen molar-refractivity contribution in [3.8, 4) is 0 Å². The zero-order chi connectivity index (χ0) is 32.8. The molecule has 0 radical (unpaired) electrons. The van der Waals surface area contributed by atoms with Crippen molar-refractivity contribution >= 4 is 57.9 Å². The number of esters is 1. The Bertz CT molecular complexity index is 1390. The second kappa shape index (κ2) is 15.0. The van der Waals surface area contributed by atoms with Gasteiger partial charge in [0.15, 0.2) is 23.0 Å². The van der Waals surface area contributed by atoms with Crippen LogP contribution in [0, 0.1) is 6.92 Å². The third-order valence-corrected chi connectivity index (χ3v) is 8.18. The van der Waals surface area contributed by atoms with Crippen molar-refractivity contribution < 1.29 is 26.2 Å². The van der Waals surface area contributed by atoms with Crippen molar-refractivity contribution in [3.05, 3.63) is 76.5 Å². The van der Waals surface area contributed by atoms with Crippen LogP contribution in [-0.2, 0) is 12.6 Å². The van der Waals surface area contributed by atoms with Gasteiger partial charge >= 0.3 is 11.9 Å². The highest BCUT2D eigenvalue weighted by molar-refractivity contribution is 14.1. The molecule has 1 aromatic rings. The molecule has 0 unspecified atom stereocenters. The molecule has 3 rings (SSSR count). The van der Waals surface area contributed by atoms with Crippen LogP contribution in [0.1, 0.15) is 63.4 Å². The van der Waals surface area contributed by atoms with Crippen LogP contribution in [0.4, 0.5) is 14.5 Å². The van der Waals surface area contributed by atoms with E-state index >= 15 is 0 Å². The highest BCUT2D eigenvalue weighted by Crippen LogP contribution is 2.33. The lowest BCUT2D eigenvalue weighted by Crippen LogP contribution is -2.58. The summed E-state index contributed by atoms with van der Waals surface area (Å²) in [6.07, 6.45) is 6.14. The Labute approximate surface area is 277 Å². The predicted octanol–water partition coefficient (Wildman–Crippen LogP) is 7.54. The maximum atomic E-state index is 14.2. The number of hydrazone groups is 1. The van der Waals surface area contributed by atoms with Crippen LogP contribution in [0.15, 0.2) is 70.5 Å². The van der Waals surface area contributed by atoms with Crippen molar-refractivity contribution in [2.45, 2.75) is 65.5 Å². The van der Waals surface area contributed by atoms with E-state index in [4.69, 9.17) is 19.4 Å². The van der Waals surface area contributed by atoms with Gasteiger partial charge in [-0.3, -0.25) is 14.7 Å². The van der Waals surface area contributed by atoms with E-state index in [1.54, 1.807) is 41.0 Å². The first kappa shape index (κ1) is 35.7. The van der Waals surface area contributed by atoms with Crippen molar-refractivity contribution in [2.24, 2.45) is 5.10 Å². The fourth-order valence-electron chi connectivity index (χ4n) is 5.09. The molecule has 1 aromatic carbocycles. The van der Waals surface area contributed by atoms with Gasteiger partial charge in [0.1, 0.15) is 23.8 Å². The van der Waals surface area contributed by atoms with Crippen molar-refractivity contribution in [1.82, 2.24) is 9.91 Å². The molecule has 0 aliphatic carbocycles. The number of rotatable bonds is 9. The van der Waals surface area contributed by atoms with Gasteiger partial charge in [0.25, 0.3) is 0 Å². The van der Waals surface area contributed by atoms with Gasteiger partial charge in [0, 0.05) is 49.9 Å². The average molecular weight is 745 g/mol. The van der Waals surface area contributed by atoms with E-state index in [0.717, 1.165) is 30.4 Å². The number of carbonyl (C=O) groups is 2. The van der Waals surface area contributed by atoms with Crippen molar-refractivity contribution in [3.63, 3.8) is 0 Å². The molecule has 2 aliphatic heterocycles. The third-order valence-electron chi connectivity index (χ3n) is 7.60. The van der Waals surface area contributed by atoms with Crippen LogP contribution in [0.3, 0.4) is 0 Å². The highest BCUT2D eigenvalue weighted by atomic mass is 127. The SMILES string of the molecule is C=C(F)C(=C\C(F)=C(/C)Cl)/C(C)=N/N(/C=C/CN1CCC2(CC1)CN(c1ccc(C(=O)OI)c(C)c1)CC(=O)O2)C(C)(C)C. The maximum Gasteiger partial charge on any atom is 0.347 e. The van der Waals surface area contributed by atoms with Gasteiger partial charge in [0.2, 0.25) is 0 Å². The molecule has 0 N–H and O–H groups in total. The summed E-state index contributed by atoms with van der Waals surface area (Å²) in [5.74, 6) is -2.24. The number of anilines is 1. The van der Waals surface area contributed by atoms with Gasteiger partial charge in [-0.1, -0.05) is 24.3 Å². The molecule has 1 spiro atoms. The zero-order valence-electron chi connectivity index (χ0n) is 26.1. The highest BCUT2D eigenvalue weighted by Gasteiger charge is 2.43. The number of benzene rings is 1. The molecule has 2 saturated heterocycles. The monoisotopic (exact) mass is 744 g/mol. The molecule has 0 aromatic heterocycles. The first-order valence-electron chi connectivity index (χ1n) is 14.3. The van der Waals surface area contributed by atoms with E-state index in [-0.39, 0.29) is 28.8 Å². The van der Waals surface area contributed by atoms with Crippen LogP contribution >= 0.6 is 34.6 Å². The van der Waals surface area contributed by atoms with Gasteiger partial charge in [-0.05, 0) is 71.4 Å². The number of ether oxygens (including phenoxy) is 1. The second-order valence-corrected chi connectivity index (χ2v) is 13.1. The van der Waals surface area contributed by atoms with Crippen molar-refractivity contribution in [2.75, 3.05) is 37.6 Å². The van der Waals surface area contributed by atoms with E-state index in [9.17, 15) is 18.4 Å². The summed E-state index contributed by atoms with van der Waals surface area (Å²) in [5.41, 5.74) is 1.26. The van der Waals surface area contributed by atoms with Crippen molar-refractivity contribution in [1.29, 1.82) is 0 Å². The van der Waals surface area contributed by atoms with E-state index < -0.39 is 28.8 Å². The maximum absolute atomic E-state index is 14.2. The minimum absolute atomic E-state index is 0.0724. The fourth-order valence-corrected chi connectivity index (χ4v) is 5.38. The Morgan fingerprint density at radius 2 is 1.93 bits per heavy atom. The molecule has 2 fully saturated rings. The van der Waals surface area contributed by atoms with Crippen LogP contribution in [-0.4, -0.2) is 71.4 Å². The predicted molar refractivity (Wildman–Crippen MR) is 179 cm³/mol. The first-order valence-corrected chi connectivity index (χ1v) is 15.5. The molecule has 44 heavy (non-hydrogen) atoms. The minimum atomic E-state index is -0.811. The van der Waals surface area contributed by atoms with Gasteiger partial charge in [-0.25, -0.2) is 13.6 Å². The molecular weight excluding hydrogens is 705 g/mol. The Balaban J connectivity index is 1.68. The topological polar surface area (TPSA) is 74.7 Å². The van der Waals surface area contributed by atoms with E-state index in [1.165, 1.54) is 6.92 Å². The lowest BCUT2D eigenvalue weighted by Gasteiger charge is -2.47. The Morgan fingerprint density at radius 3 is 2.48 bits per heavy atom. The molecule has 12 heteroatoms. The number of piperidine rings is 1. The van der Waals surface area contributed by atoms with E-state index in [2.05, 4.69) is 16.6 Å². The summed E-state index contributed by atoms with van der Waals surface area (Å²) in [5, 5.41) is 6.17. The van der Waals surface area contributed by atoms with Crippen LogP contribution in [0.5, 0.6) is 0 Å². The number of morpholine rings is 1. The number of halogens is 4. The number of likely N-dealkylation sites (tertiary alicyclic amines) is 1. The van der Waals surface area contributed by atoms with Gasteiger partial charge in [0.05, 0.1) is 28.4 Å². The number of allylic oxidation sites excluding steroid dienone is 5. The normalized spacial score (nSPS) is 18.8. The zero-order valence-corrected chi connectivity index (χ0v) is 29.0. The first-order chi connectivity index (χ1) is 20.5. The third kappa shape index (κ3) is 9.37. The molecule has 0 amide bonds. The van der Waals surface area contributed by atoms with Gasteiger partial charge < -0.3 is 12.7 Å². The van der Waals surface area contributed by atoms with E-state index in [1.807, 2.05) is 57.0 Å². The Morgan fingerprint density at radius 1 is 1.27 bits per heavy atom. The number of aryl methyl sites for hydroxylation is 1. The van der Waals surface area contributed by atoms with Crippen LogP contribution < -0.4 is 4.90 Å². The molecule has 0 atom stereocenters. The number of hydrogen-bond donors (Lipinski definition) is 0. The Kier molecular flexibility index (Phi) is 12.2. The molecule has 2 aliphatic rings. The molecule has 2 heterocycles. The van der Waals surface area contributed by atoms with Gasteiger partial charge in [-0.15, -0.1) is 0 Å². The summed E-state index contributed by atoms with van der Waals surface area (Å²) in [7, 11) is 0. The average Bonchev–Trinajstić information content (AvgIpc) is 2.94. The number of hydrogen-bond acceptors (Lipinski definition) is 8. The van der Waals surface area contributed by atoms with Gasteiger partial charge in [-0.2, -0.15) is 5.10 Å². The molecule has 8 nitrogen and oxygen atoms in total. The second-order valence-electron chi connectivity index (χ2n) is 12.1. The number of carbonyl (C=O) groups excluding carboxylic acids is 2. The summed E-state index contributed by atoms with van der Waals surface area (Å²) in [6, 6.07) is 5.46. The fraction of sp³-hybridized carbons (Fsp3) is 0.469. The number of nitrogens with zero attached hydrogens (tertiary/aromatic N) is 4. The minimum Gasteiger partial charge on any atom is -0.456 e. The molecule has 240 valence electrons. The smallest absolute Gasteiger partial charge is 0.347 e. The van der Waals surface area contributed by atoms with E-state index in [0.29, 0.717) is 31.5 Å². The lowest BCUT2D eigenvalue weighted by molar-refractivity contribution is -0.167.